The number of likely N-dealkylation sites (tertiary alicyclic amines) is 1. The molecular formula is C34H46ClF3N8O3S2. The molecule has 3 saturated heterocycles. The lowest BCUT2D eigenvalue weighted by molar-refractivity contribution is -0.137. The monoisotopic (exact) mass is 770 g/mol. The van der Waals surface area contributed by atoms with Gasteiger partial charge in [-0.1, -0.05) is 23.7 Å². The largest absolute Gasteiger partial charge is 0.462 e. The van der Waals surface area contributed by atoms with Gasteiger partial charge < -0.3 is 33.9 Å². The van der Waals surface area contributed by atoms with Crippen molar-refractivity contribution >= 4 is 56.0 Å². The minimum atomic E-state index is -4.63. The maximum absolute atomic E-state index is 14.1. The first-order chi connectivity index (χ1) is 23.6. The smallest absolute Gasteiger partial charge is 0.419 e. The van der Waals surface area contributed by atoms with Crippen molar-refractivity contribution in [2.45, 2.75) is 44.1 Å². The van der Waals surface area contributed by atoms with Crippen molar-refractivity contribution in [1.29, 1.82) is 0 Å². The molecule has 0 bridgehead atoms. The Kier molecular flexibility index (Phi) is 14.6. The van der Waals surface area contributed by atoms with Crippen LogP contribution in [0.25, 0.3) is 4.85 Å². The second-order valence-electron chi connectivity index (χ2n) is 12.9. The van der Waals surface area contributed by atoms with Crippen LogP contribution < -0.4 is 14.5 Å². The highest BCUT2D eigenvalue weighted by Crippen LogP contribution is 2.43. The molecule has 0 saturated carbocycles. The third-order valence-corrected chi connectivity index (χ3v) is 10.1. The van der Waals surface area contributed by atoms with Gasteiger partial charge in [-0.15, -0.1) is 0 Å². The molecule has 2 atom stereocenters. The van der Waals surface area contributed by atoms with Crippen LogP contribution in [0.5, 0.6) is 6.01 Å². The van der Waals surface area contributed by atoms with E-state index in [-0.39, 0.29) is 74.8 Å². The molecule has 0 spiro atoms. The standard InChI is InChI=1S/C34H42ClF3N8O3.2H2S/c1-39-20-25-21-45(14-15-46(25)30(47)9-5-12-43-16-18-48-19-17-43)32-26-10-13-44(29-8-3-7-27(35)31(29)34(36,37)38)22-28(26)40-33(41-32)49-23-24-6-4-11-42(24)2;;/h3,5,7-9,24-25H,4,6,10-23H2,2H3;2*1H2/b9-5+;;/t24-,25-;;/m0../s1. The number of fused-ring (bicyclic) bond motifs is 1. The Labute approximate surface area is 316 Å². The summed E-state index contributed by atoms with van der Waals surface area (Å²) in [5.74, 6) is 0.514. The van der Waals surface area contributed by atoms with Crippen LogP contribution >= 0.6 is 38.6 Å². The first-order valence-electron chi connectivity index (χ1n) is 16.8. The average Bonchev–Trinajstić information content (AvgIpc) is 3.50. The fourth-order valence-electron chi connectivity index (χ4n) is 7.12. The van der Waals surface area contributed by atoms with Gasteiger partial charge in [-0.05, 0) is 45.0 Å². The maximum Gasteiger partial charge on any atom is 0.419 e. The summed E-state index contributed by atoms with van der Waals surface area (Å²) in [6.07, 6.45) is 1.31. The number of ether oxygens (including phenoxy) is 2. The molecule has 17 heteroatoms. The molecule has 51 heavy (non-hydrogen) atoms. The molecule has 4 aliphatic heterocycles. The lowest BCUT2D eigenvalue weighted by Crippen LogP contribution is -2.56. The molecule has 0 N–H and O–H groups in total. The molecular weight excluding hydrogens is 725 g/mol. The topological polar surface area (TPSA) is 81.9 Å². The van der Waals surface area contributed by atoms with Crippen molar-refractivity contribution in [3.63, 3.8) is 0 Å². The highest BCUT2D eigenvalue weighted by molar-refractivity contribution is 7.59. The summed E-state index contributed by atoms with van der Waals surface area (Å²) in [7, 11) is 2.05. The number of anilines is 2. The SMILES string of the molecule is S.S.[C-]#[N+]C[C@H]1CN(c2nc(OC[C@@H]3CCCN3C)nc3c2CCN(c2cccc(Cl)c2C(F)(F)F)C3)CCN1C(=O)/C=C/CN1CCOCC1. The van der Waals surface area contributed by atoms with E-state index >= 15 is 0 Å². The molecule has 4 aliphatic rings. The van der Waals surface area contributed by atoms with Crippen molar-refractivity contribution in [3.8, 4) is 6.01 Å². The molecule has 5 heterocycles. The van der Waals surface area contributed by atoms with Crippen molar-refractivity contribution in [1.82, 2.24) is 24.7 Å². The number of carbonyl (C=O) groups is 1. The number of hydrogen-bond donors (Lipinski definition) is 0. The van der Waals surface area contributed by atoms with Gasteiger partial charge in [0, 0.05) is 63.5 Å². The van der Waals surface area contributed by atoms with E-state index in [4.69, 9.17) is 37.6 Å². The Hall–Kier alpha value is -2.94. The molecule has 280 valence electrons. The van der Waals surface area contributed by atoms with Gasteiger partial charge in [-0.25, -0.2) is 6.57 Å². The van der Waals surface area contributed by atoms with Crippen molar-refractivity contribution in [2.24, 2.45) is 0 Å². The van der Waals surface area contributed by atoms with Gasteiger partial charge in [0.05, 0.1) is 41.7 Å². The Morgan fingerprint density at radius 1 is 1.10 bits per heavy atom. The molecule has 0 aliphatic carbocycles. The highest BCUT2D eigenvalue weighted by Gasteiger charge is 2.39. The second-order valence-corrected chi connectivity index (χ2v) is 13.3. The van der Waals surface area contributed by atoms with Crippen LogP contribution in [0.1, 0.15) is 29.7 Å². The van der Waals surface area contributed by atoms with E-state index in [1.807, 2.05) is 6.08 Å². The number of rotatable bonds is 9. The number of likely N-dealkylation sites (N-methyl/N-ethyl adjacent to an activating group) is 1. The minimum Gasteiger partial charge on any atom is -0.462 e. The number of morpholine rings is 1. The van der Waals surface area contributed by atoms with Gasteiger partial charge in [0.15, 0.2) is 0 Å². The lowest BCUT2D eigenvalue weighted by atomic mass is 10.0. The fourth-order valence-corrected chi connectivity index (χ4v) is 7.40. The quantitative estimate of drug-likeness (QED) is 0.275. The predicted molar refractivity (Wildman–Crippen MR) is 201 cm³/mol. The number of aromatic nitrogens is 2. The number of hydrogen-bond acceptors (Lipinski definition) is 9. The van der Waals surface area contributed by atoms with E-state index in [9.17, 15) is 18.0 Å². The summed E-state index contributed by atoms with van der Waals surface area (Å²) in [5.41, 5.74) is 0.568. The summed E-state index contributed by atoms with van der Waals surface area (Å²) in [4.78, 5) is 36.5. The van der Waals surface area contributed by atoms with Gasteiger partial charge in [0.1, 0.15) is 18.5 Å². The summed E-state index contributed by atoms with van der Waals surface area (Å²) in [5, 5.41) is -0.349. The number of piperazine rings is 1. The number of carbonyl (C=O) groups excluding carboxylic acids is 1. The third kappa shape index (κ3) is 9.74. The van der Waals surface area contributed by atoms with Crippen LogP contribution in [0.15, 0.2) is 30.4 Å². The van der Waals surface area contributed by atoms with E-state index in [1.165, 1.54) is 18.2 Å². The van der Waals surface area contributed by atoms with Crippen molar-refractivity contribution in [3.05, 3.63) is 63.6 Å². The van der Waals surface area contributed by atoms with Crippen molar-refractivity contribution < 1.29 is 27.4 Å². The summed E-state index contributed by atoms with van der Waals surface area (Å²) >= 11 is 6.07. The van der Waals surface area contributed by atoms with Crippen LogP contribution in [0.2, 0.25) is 5.02 Å². The zero-order valence-corrected chi connectivity index (χ0v) is 31.4. The number of halogens is 4. The summed E-state index contributed by atoms with van der Waals surface area (Å²) in [6.45, 7) is 14.5. The van der Waals surface area contributed by atoms with Crippen molar-refractivity contribution in [2.75, 3.05) is 95.6 Å². The maximum atomic E-state index is 14.1. The number of nitrogens with zero attached hydrogens (tertiary/aromatic N) is 8. The van der Waals surface area contributed by atoms with Crippen LogP contribution in [-0.2, 0) is 28.7 Å². The van der Waals surface area contributed by atoms with E-state index in [0.29, 0.717) is 70.5 Å². The van der Waals surface area contributed by atoms with Gasteiger partial charge in [-0.2, -0.15) is 50.1 Å². The van der Waals surface area contributed by atoms with E-state index in [0.717, 1.165) is 38.0 Å². The molecule has 1 aromatic carbocycles. The average molecular weight is 771 g/mol. The van der Waals surface area contributed by atoms with Crippen LogP contribution in [0, 0.1) is 6.57 Å². The highest BCUT2D eigenvalue weighted by atomic mass is 35.5. The molecule has 6 rings (SSSR count). The normalized spacial score (nSPS) is 21.5. The van der Waals surface area contributed by atoms with E-state index in [1.54, 1.807) is 15.9 Å². The Morgan fingerprint density at radius 3 is 2.59 bits per heavy atom. The zero-order valence-electron chi connectivity index (χ0n) is 28.7. The van der Waals surface area contributed by atoms with E-state index in [2.05, 4.69) is 26.6 Å². The number of amides is 1. The molecule has 1 amide bonds. The van der Waals surface area contributed by atoms with Crippen LogP contribution in [0.3, 0.4) is 0 Å². The van der Waals surface area contributed by atoms with Gasteiger partial charge >= 0.3 is 12.2 Å². The minimum absolute atomic E-state index is 0. The Morgan fingerprint density at radius 2 is 1.88 bits per heavy atom. The Balaban J connectivity index is 0.00000292. The first kappa shape index (κ1) is 40.8. The first-order valence-corrected chi connectivity index (χ1v) is 17.2. The second kappa shape index (κ2) is 18.2. The summed E-state index contributed by atoms with van der Waals surface area (Å²) in [6, 6.07) is 4.24. The Bertz CT molecular complexity index is 1580. The van der Waals surface area contributed by atoms with E-state index < -0.39 is 11.7 Å². The van der Waals surface area contributed by atoms with Crippen LogP contribution in [0.4, 0.5) is 24.7 Å². The third-order valence-electron chi connectivity index (χ3n) is 9.81. The zero-order chi connectivity index (χ0) is 34.5. The number of alkyl halides is 3. The molecule has 0 radical (unpaired) electrons. The fraction of sp³-hybridized carbons (Fsp3) is 0.588. The molecule has 11 nitrogen and oxygen atoms in total. The van der Waals surface area contributed by atoms with Gasteiger partial charge in [0.25, 0.3) is 0 Å². The lowest BCUT2D eigenvalue weighted by Gasteiger charge is -2.41. The molecule has 1 aromatic heterocycles. The molecule has 2 aromatic rings. The van der Waals surface area contributed by atoms with Gasteiger partial charge in [-0.3, -0.25) is 9.69 Å². The summed E-state index contributed by atoms with van der Waals surface area (Å²) < 4.78 is 54.0. The van der Waals surface area contributed by atoms with Crippen LogP contribution in [-0.4, -0.2) is 128 Å². The molecule has 0 unspecified atom stereocenters. The predicted octanol–water partition coefficient (Wildman–Crippen LogP) is 4.23. The number of benzene rings is 1. The van der Waals surface area contributed by atoms with Gasteiger partial charge in [0.2, 0.25) is 12.5 Å². The molecule has 3 fully saturated rings.